The number of hydrogen-bond acceptors (Lipinski definition) is 3. The van der Waals surface area contributed by atoms with Crippen LogP contribution in [0.2, 0.25) is 0 Å². The summed E-state index contributed by atoms with van der Waals surface area (Å²) in [6.07, 6.45) is 0. The molecule has 2 rings (SSSR count). The first-order valence-corrected chi connectivity index (χ1v) is 7.16. The molecule has 0 aromatic heterocycles. The maximum absolute atomic E-state index is 5.22. The predicted molar refractivity (Wildman–Crippen MR) is 85.2 cm³/mol. The van der Waals surface area contributed by atoms with Gasteiger partial charge in [-0.15, -0.1) is 0 Å². The van der Waals surface area contributed by atoms with Gasteiger partial charge in [0.25, 0.3) is 0 Å². The number of benzene rings is 2. The topological polar surface area (TPSA) is 30.5 Å². The van der Waals surface area contributed by atoms with Gasteiger partial charge in [0.15, 0.2) is 0 Å². The molecule has 2 aromatic carbocycles. The lowest BCUT2D eigenvalue weighted by atomic mass is 10.2. The largest absolute Gasteiger partial charge is 0.496 e. The van der Waals surface area contributed by atoms with Crippen molar-refractivity contribution in [2.24, 2.45) is 0 Å². The van der Waals surface area contributed by atoms with Crippen LogP contribution < -0.4 is 10.1 Å². The highest BCUT2D eigenvalue weighted by molar-refractivity contribution is 9.10. The molecule has 0 saturated carbocycles. The van der Waals surface area contributed by atoms with Gasteiger partial charge in [-0.1, -0.05) is 18.2 Å². The highest BCUT2D eigenvalue weighted by Gasteiger charge is 2.02. The molecule has 4 heteroatoms. The number of halogens is 1. The van der Waals surface area contributed by atoms with Crippen LogP contribution in [0.1, 0.15) is 11.1 Å². The molecule has 0 saturated heterocycles. The molecule has 0 aliphatic carbocycles. The molecular weight excluding hydrogens is 318 g/mol. The summed E-state index contributed by atoms with van der Waals surface area (Å²) in [5.74, 6) is 0.843. The number of nitrogens with one attached hydrogen (secondary N) is 1. The Bertz CT molecular complexity index is 572. The summed E-state index contributed by atoms with van der Waals surface area (Å²) < 4.78 is 11.3. The first-order valence-electron chi connectivity index (χ1n) is 6.37. The van der Waals surface area contributed by atoms with Crippen LogP contribution in [-0.4, -0.2) is 14.2 Å². The van der Waals surface area contributed by atoms with Gasteiger partial charge in [0.05, 0.1) is 18.2 Å². The molecule has 0 spiro atoms. The Morgan fingerprint density at radius 2 is 1.90 bits per heavy atom. The van der Waals surface area contributed by atoms with E-state index in [0.717, 1.165) is 28.0 Å². The van der Waals surface area contributed by atoms with Gasteiger partial charge in [0.1, 0.15) is 5.75 Å². The summed E-state index contributed by atoms with van der Waals surface area (Å²) in [6.45, 7) is 1.39. The Morgan fingerprint density at radius 3 is 2.60 bits per heavy atom. The third-order valence-corrected chi connectivity index (χ3v) is 3.57. The molecule has 0 radical (unpaired) electrons. The molecule has 0 aliphatic heterocycles. The Kier molecular flexibility index (Phi) is 5.44. The Hall–Kier alpha value is -1.52. The Labute approximate surface area is 128 Å². The summed E-state index contributed by atoms with van der Waals surface area (Å²) >= 11 is 3.50. The van der Waals surface area contributed by atoms with Gasteiger partial charge in [0.2, 0.25) is 0 Å². The van der Waals surface area contributed by atoms with E-state index in [1.165, 1.54) is 5.56 Å². The molecule has 20 heavy (non-hydrogen) atoms. The fraction of sp³-hybridized carbons (Fsp3) is 0.250. The van der Waals surface area contributed by atoms with Crippen molar-refractivity contribution in [3.05, 3.63) is 58.1 Å². The van der Waals surface area contributed by atoms with E-state index in [9.17, 15) is 0 Å². The average molecular weight is 336 g/mol. The first kappa shape index (κ1) is 14.9. The zero-order chi connectivity index (χ0) is 14.4. The highest BCUT2D eigenvalue weighted by atomic mass is 79.9. The maximum atomic E-state index is 5.22. The van der Waals surface area contributed by atoms with Crippen LogP contribution in [0.25, 0.3) is 0 Å². The van der Waals surface area contributed by atoms with Crippen molar-refractivity contribution in [1.82, 2.24) is 0 Å². The zero-order valence-corrected chi connectivity index (χ0v) is 13.2. The molecular formula is C16H18BrNO2. The summed E-state index contributed by atoms with van der Waals surface area (Å²) in [5.41, 5.74) is 3.44. The maximum Gasteiger partial charge on any atom is 0.133 e. The van der Waals surface area contributed by atoms with E-state index in [2.05, 4.69) is 51.6 Å². The van der Waals surface area contributed by atoms with E-state index < -0.39 is 0 Å². The van der Waals surface area contributed by atoms with Crippen LogP contribution in [0.15, 0.2) is 46.9 Å². The van der Waals surface area contributed by atoms with Gasteiger partial charge in [-0.25, -0.2) is 0 Å². The third-order valence-electron chi connectivity index (χ3n) is 2.95. The number of anilines is 1. The molecule has 0 atom stereocenters. The van der Waals surface area contributed by atoms with Gasteiger partial charge in [-0.3, -0.25) is 0 Å². The Morgan fingerprint density at radius 1 is 1.05 bits per heavy atom. The third kappa shape index (κ3) is 3.99. The predicted octanol–water partition coefficient (Wildman–Crippen LogP) is 4.22. The molecule has 0 unspecified atom stereocenters. The number of hydrogen-bond donors (Lipinski definition) is 1. The first-order chi connectivity index (χ1) is 9.72. The molecule has 0 aliphatic rings. The molecule has 0 fully saturated rings. The lowest BCUT2D eigenvalue weighted by Crippen LogP contribution is -2.00. The van der Waals surface area contributed by atoms with Crippen molar-refractivity contribution in [2.75, 3.05) is 19.5 Å². The molecule has 1 N–H and O–H groups in total. The van der Waals surface area contributed by atoms with Crippen molar-refractivity contribution in [2.45, 2.75) is 13.2 Å². The molecule has 2 aromatic rings. The van der Waals surface area contributed by atoms with E-state index in [-0.39, 0.29) is 0 Å². The van der Waals surface area contributed by atoms with E-state index in [1.807, 2.05) is 12.1 Å². The molecule has 0 amide bonds. The van der Waals surface area contributed by atoms with E-state index in [4.69, 9.17) is 9.47 Å². The second kappa shape index (κ2) is 7.31. The second-order valence-electron chi connectivity index (χ2n) is 4.46. The minimum atomic E-state index is 0.629. The van der Waals surface area contributed by atoms with Crippen molar-refractivity contribution >= 4 is 21.6 Å². The van der Waals surface area contributed by atoms with Gasteiger partial charge >= 0.3 is 0 Å². The highest BCUT2D eigenvalue weighted by Crippen LogP contribution is 2.25. The smallest absolute Gasteiger partial charge is 0.133 e. The van der Waals surface area contributed by atoms with Crippen LogP contribution in [0, 0.1) is 0 Å². The minimum absolute atomic E-state index is 0.629. The van der Waals surface area contributed by atoms with Crippen molar-refractivity contribution < 1.29 is 9.47 Å². The normalized spacial score (nSPS) is 10.3. The van der Waals surface area contributed by atoms with E-state index in [1.54, 1.807) is 14.2 Å². The number of ether oxygens (including phenoxy) is 2. The monoisotopic (exact) mass is 335 g/mol. The lowest BCUT2D eigenvalue weighted by Gasteiger charge is -2.10. The standard InChI is InChI=1S/C16H18BrNO2/c1-19-11-13-4-3-5-14(8-13)18-10-12-6-7-16(20-2)15(17)9-12/h3-9,18H,10-11H2,1-2H3. The summed E-state index contributed by atoms with van der Waals surface area (Å²) in [5, 5.41) is 3.41. The zero-order valence-electron chi connectivity index (χ0n) is 11.7. The minimum Gasteiger partial charge on any atom is -0.496 e. The van der Waals surface area contributed by atoms with Gasteiger partial charge in [-0.2, -0.15) is 0 Å². The van der Waals surface area contributed by atoms with Crippen molar-refractivity contribution in [1.29, 1.82) is 0 Å². The number of methoxy groups -OCH3 is 2. The second-order valence-corrected chi connectivity index (χ2v) is 5.31. The fourth-order valence-corrected chi connectivity index (χ4v) is 2.55. The Balaban J connectivity index is 2.01. The summed E-state index contributed by atoms with van der Waals surface area (Å²) in [4.78, 5) is 0. The van der Waals surface area contributed by atoms with E-state index >= 15 is 0 Å². The number of rotatable bonds is 6. The van der Waals surface area contributed by atoms with Gasteiger partial charge in [-0.05, 0) is 51.3 Å². The lowest BCUT2D eigenvalue weighted by molar-refractivity contribution is 0.185. The fourth-order valence-electron chi connectivity index (χ4n) is 1.96. The van der Waals surface area contributed by atoms with Crippen LogP contribution in [-0.2, 0) is 17.9 Å². The SMILES string of the molecule is COCc1cccc(NCc2ccc(OC)c(Br)c2)c1. The van der Waals surface area contributed by atoms with Crippen LogP contribution >= 0.6 is 15.9 Å². The van der Waals surface area contributed by atoms with E-state index in [0.29, 0.717) is 6.61 Å². The van der Waals surface area contributed by atoms with Gasteiger partial charge in [0, 0.05) is 19.3 Å². The van der Waals surface area contributed by atoms with Crippen molar-refractivity contribution in [3.63, 3.8) is 0 Å². The van der Waals surface area contributed by atoms with Crippen molar-refractivity contribution in [3.8, 4) is 5.75 Å². The van der Waals surface area contributed by atoms with Crippen LogP contribution in [0.3, 0.4) is 0 Å². The average Bonchev–Trinajstić information content (AvgIpc) is 2.46. The molecule has 0 heterocycles. The van der Waals surface area contributed by atoms with Crippen LogP contribution in [0.5, 0.6) is 5.75 Å². The molecule has 3 nitrogen and oxygen atoms in total. The summed E-state index contributed by atoms with van der Waals surface area (Å²) in [6, 6.07) is 14.3. The summed E-state index contributed by atoms with van der Waals surface area (Å²) in [7, 11) is 3.37. The quantitative estimate of drug-likeness (QED) is 0.857. The molecule has 0 bridgehead atoms. The van der Waals surface area contributed by atoms with Gasteiger partial charge < -0.3 is 14.8 Å². The molecule has 106 valence electrons. The van der Waals surface area contributed by atoms with Crippen LogP contribution in [0.4, 0.5) is 5.69 Å².